The Balaban J connectivity index is 1.64. The van der Waals surface area contributed by atoms with E-state index in [1.807, 2.05) is 38.1 Å². The number of rotatable bonds is 4. The number of carbonyl (C=O) groups excluding carboxylic acids is 3. The lowest BCUT2D eigenvalue weighted by Crippen LogP contribution is -2.50. The van der Waals surface area contributed by atoms with Crippen molar-refractivity contribution >= 4 is 44.4 Å². The first-order valence-corrected chi connectivity index (χ1v) is 9.42. The highest BCUT2D eigenvalue weighted by Crippen LogP contribution is 2.29. The van der Waals surface area contributed by atoms with Gasteiger partial charge in [0.1, 0.15) is 6.04 Å². The van der Waals surface area contributed by atoms with Crippen LogP contribution in [0.4, 0.5) is 5.13 Å². The third kappa shape index (κ3) is 2.90. The molecule has 0 saturated carbocycles. The molecule has 0 aliphatic carbocycles. The number of benzene rings is 2. The Hall–Kier alpha value is -3.06. The number of aromatic nitrogens is 1. The van der Waals surface area contributed by atoms with Crippen LogP contribution in [0.5, 0.6) is 0 Å². The van der Waals surface area contributed by atoms with Crippen LogP contribution in [-0.2, 0) is 4.79 Å². The second-order valence-electron chi connectivity index (χ2n) is 6.69. The Morgan fingerprint density at radius 2 is 1.59 bits per heavy atom. The first kappa shape index (κ1) is 17.4. The molecule has 0 fully saturated rings. The topological polar surface area (TPSA) is 79.4 Å². The van der Waals surface area contributed by atoms with Gasteiger partial charge in [-0.05, 0) is 30.2 Å². The average Bonchev–Trinajstić information content (AvgIpc) is 3.16. The zero-order valence-corrected chi connectivity index (χ0v) is 15.6. The van der Waals surface area contributed by atoms with E-state index in [1.54, 1.807) is 24.3 Å². The van der Waals surface area contributed by atoms with Crippen LogP contribution < -0.4 is 5.32 Å². The lowest BCUT2D eigenvalue weighted by Gasteiger charge is -2.27. The van der Waals surface area contributed by atoms with Crippen molar-refractivity contribution < 1.29 is 14.4 Å². The van der Waals surface area contributed by atoms with E-state index in [9.17, 15) is 14.4 Å². The summed E-state index contributed by atoms with van der Waals surface area (Å²) >= 11 is 1.35. The van der Waals surface area contributed by atoms with Crippen LogP contribution in [0.15, 0.2) is 48.5 Å². The van der Waals surface area contributed by atoms with Crippen LogP contribution in [-0.4, -0.2) is 33.6 Å². The molecular formula is C20H17N3O3S. The molecule has 1 atom stereocenters. The Labute approximate surface area is 159 Å². The van der Waals surface area contributed by atoms with Crippen molar-refractivity contribution in [2.45, 2.75) is 19.9 Å². The third-order valence-corrected chi connectivity index (χ3v) is 5.48. The highest BCUT2D eigenvalue weighted by Gasteiger charge is 2.44. The minimum absolute atomic E-state index is 0.249. The van der Waals surface area contributed by atoms with Gasteiger partial charge >= 0.3 is 0 Å². The minimum Gasteiger partial charge on any atom is -0.300 e. The highest BCUT2D eigenvalue weighted by atomic mass is 32.1. The second-order valence-corrected chi connectivity index (χ2v) is 7.72. The summed E-state index contributed by atoms with van der Waals surface area (Å²) in [5.41, 5.74) is 1.46. The molecule has 0 bridgehead atoms. The molecule has 2 heterocycles. The van der Waals surface area contributed by atoms with E-state index in [0.29, 0.717) is 16.3 Å². The van der Waals surface area contributed by atoms with Gasteiger partial charge in [-0.15, -0.1) is 0 Å². The van der Waals surface area contributed by atoms with Crippen LogP contribution in [0.25, 0.3) is 10.2 Å². The number of imide groups is 1. The molecule has 0 saturated heterocycles. The number of fused-ring (bicyclic) bond motifs is 2. The fourth-order valence-corrected chi connectivity index (χ4v) is 4.15. The van der Waals surface area contributed by atoms with E-state index in [1.165, 1.54) is 11.3 Å². The number of hydrogen-bond acceptors (Lipinski definition) is 5. The molecule has 3 aromatic rings. The van der Waals surface area contributed by atoms with Crippen molar-refractivity contribution in [3.63, 3.8) is 0 Å². The molecule has 0 unspecified atom stereocenters. The molecule has 0 spiro atoms. The van der Waals surface area contributed by atoms with E-state index < -0.39 is 23.8 Å². The van der Waals surface area contributed by atoms with E-state index in [4.69, 9.17) is 0 Å². The molecule has 0 radical (unpaired) electrons. The number of para-hydroxylation sites is 1. The van der Waals surface area contributed by atoms with Crippen LogP contribution in [0.3, 0.4) is 0 Å². The maximum absolute atomic E-state index is 13.0. The Kier molecular flexibility index (Phi) is 4.24. The third-order valence-electron chi connectivity index (χ3n) is 4.53. The molecule has 7 heteroatoms. The molecular weight excluding hydrogens is 362 g/mol. The fourth-order valence-electron chi connectivity index (χ4n) is 3.28. The fraction of sp³-hybridized carbons (Fsp3) is 0.200. The van der Waals surface area contributed by atoms with Crippen LogP contribution >= 0.6 is 11.3 Å². The predicted molar refractivity (Wildman–Crippen MR) is 104 cm³/mol. The number of thiazole rings is 1. The largest absolute Gasteiger partial charge is 0.300 e. The Morgan fingerprint density at radius 1 is 1.00 bits per heavy atom. The number of hydrogen-bond donors (Lipinski definition) is 1. The smallest absolute Gasteiger partial charge is 0.262 e. The molecule has 4 rings (SSSR count). The monoisotopic (exact) mass is 379 g/mol. The summed E-state index contributed by atoms with van der Waals surface area (Å²) in [7, 11) is 0. The van der Waals surface area contributed by atoms with Gasteiger partial charge in [-0.1, -0.05) is 49.4 Å². The van der Waals surface area contributed by atoms with Gasteiger partial charge in [0, 0.05) is 0 Å². The highest BCUT2D eigenvalue weighted by molar-refractivity contribution is 7.22. The summed E-state index contributed by atoms with van der Waals surface area (Å²) in [5.74, 6) is -1.54. The Morgan fingerprint density at radius 3 is 2.19 bits per heavy atom. The molecule has 27 heavy (non-hydrogen) atoms. The van der Waals surface area contributed by atoms with E-state index in [2.05, 4.69) is 10.3 Å². The summed E-state index contributed by atoms with van der Waals surface area (Å²) in [4.78, 5) is 44.0. The van der Waals surface area contributed by atoms with Gasteiger partial charge in [-0.3, -0.25) is 19.3 Å². The quantitative estimate of drug-likeness (QED) is 0.703. The lowest BCUT2D eigenvalue weighted by atomic mass is 10.0. The number of carbonyl (C=O) groups is 3. The standard InChI is InChI=1S/C20H17N3O3S/c1-11(2)16(23-18(25)12-7-3-4-8-13(12)19(23)26)17(24)22-20-21-14-9-5-6-10-15(14)27-20/h3-11,16H,1-2H3,(H,21,22,24)/t16-/m1/s1. The molecule has 3 amide bonds. The molecule has 1 aromatic heterocycles. The van der Waals surface area contributed by atoms with Gasteiger partial charge in [-0.2, -0.15) is 0 Å². The average molecular weight is 379 g/mol. The zero-order valence-electron chi connectivity index (χ0n) is 14.8. The van der Waals surface area contributed by atoms with Crippen molar-refractivity contribution in [3.8, 4) is 0 Å². The molecule has 1 aliphatic heterocycles. The van der Waals surface area contributed by atoms with Crippen molar-refractivity contribution in [3.05, 3.63) is 59.7 Å². The number of nitrogens with zero attached hydrogens (tertiary/aromatic N) is 2. The number of anilines is 1. The van der Waals surface area contributed by atoms with Gasteiger partial charge < -0.3 is 5.32 Å². The van der Waals surface area contributed by atoms with Crippen LogP contribution in [0, 0.1) is 5.92 Å². The summed E-state index contributed by atoms with van der Waals surface area (Å²) < 4.78 is 0.953. The summed E-state index contributed by atoms with van der Waals surface area (Å²) in [6.45, 7) is 3.62. The molecule has 2 aromatic carbocycles. The molecule has 136 valence electrons. The normalized spacial score (nSPS) is 14.7. The summed E-state index contributed by atoms with van der Waals surface area (Å²) in [6, 6.07) is 13.3. The Bertz CT molecular complexity index is 1010. The lowest BCUT2D eigenvalue weighted by molar-refractivity contribution is -0.121. The van der Waals surface area contributed by atoms with Crippen molar-refractivity contribution in [1.82, 2.24) is 9.88 Å². The van der Waals surface area contributed by atoms with Gasteiger partial charge in [-0.25, -0.2) is 4.98 Å². The summed E-state index contributed by atoms with van der Waals surface area (Å²) in [5, 5.41) is 3.23. The van der Waals surface area contributed by atoms with Crippen LogP contribution in [0.2, 0.25) is 0 Å². The predicted octanol–water partition coefficient (Wildman–Crippen LogP) is 3.56. The second kappa shape index (κ2) is 6.59. The number of amides is 3. The first-order chi connectivity index (χ1) is 13.0. The van der Waals surface area contributed by atoms with Crippen molar-refractivity contribution in [2.24, 2.45) is 5.92 Å². The summed E-state index contributed by atoms with van der Waals surface area (Å²) in [6.07, 6.45) is 0. The maximum Gasteiger partial charge on any atom is 0.262 e. The van der Waals surface area contributed by atoms with Gasteiger partial charge in [0.2, 0.25) is 5.91 Å². The van der Waals surface area contributed by atoms with Crippen molar-refractivity contribution in [2.75, 3.05) is 5.32 Å². The SMILES string of the molecule is CC(C)[C@H](C(=O)Nc1nc2ccccc2s1)N1C(=O)c2ccccc2C1=O. The van der Waals surface area contributed by atoms with E-state index in [-0.39, 0.29) is 5.92 Å². The van der Waals surface area contributed by atoms with Gasteiger partial charge in [0.25, 0.3) is 11.8 Å². The van der Waals surface area contributed by atoms with Crippen molar-refractivity contribution in [1.29, 1.82) is 0 Å². The number of nitrogens with one attached hydrogen (secondary N) is 1. The molecule has 6 nitrogen and oxygen atoms in total. The van der Waals surface area contributed by atoms with Gasteiger partial charge in [0.05, 0.1) is 21.3 Å². The van der Waals surface area contributed by atoms with E-state index in [0.717, 1.165) is 15.1 Å². The van der Waals surface area contributed by atoms with E-state index >= 15 is 0 Å². The maximum atomic E-state index is 13.0. The van der Waals surface area contributed by atoms with Crippen LogP contribution in [0.1, 0.15) is 34.6 Å². The molecule has 1 N–H and O–H groups in total. The first-order valence-electron chi connectivity index (χ1n) is 8.60. The van der Waals surface area contributed by atoms with Gasteiger partial charge in [0.15, 0.2) is 5.13 Å². The zero-order chi connectivity index (χ0) is 19.1. The molecule has 1 aliphatic rings. The minimum atomic E-state index is -0.913.